The Morgan fingerprint density at radius 1 is 1.00 bits per heavy atom. The molecule has 33 heavy (non-hydrogen) atoms. The maximum Gasteiger partial charge on any atom is 0.234 e. The molecule has 172 valence electrons. The number of halogens is 1. The molecule has 1 aliphatic rings. The number of amides is 2. The number of carbonyl (C=O) groups is 2. The smallest absolute Gasteiger partial charge is 0.234 e. The third-order valence-corrected chi connectivity index (χ3v) is 6.74. The van der Waals surface area contributed by atoms with Crippen molar-refractivity contribution in [3.63, 3.8) is 0 Å². The fourth-order valence-corrected chi connectivity index (χ4v) is 4.49. The number of piperazine rings is 1. The van der Waals surface area contributed by atoms with E-state index in [2.05, 4.69) is 41.7 Å². The number of tetrazole rings is 1. The van der Waals surface area contributed by atoms with Crippen LogP contribution in [0.25, 0.3) is 5.69 Å². The van der Waals surface area contributed by atoms with Gasteiger partial charge >= 0.3 is 0 Å². The van der Waals surface area contributed by atoms with Crippen molar-refractivity contribution < 1.29 is 9.59 Å². The molecule has 2 amide bonds. The summed E-state index contributed by atoms with van der Waals surface area (Å²) in [4.78, 5) is 28.5. The second-order valence-corrected chi connectivity index (χ2v) is 9.31. The van der Waals surface area contributed by atoms with Crippen LogP contribution >= 0.6 is 27.7 Å². The maximum atomic E-state index is 12.5. The molecule has 1 aliphatic heterocycles. The largest absolute Gasteiger partial charge is 0.368 e. The SMILES string of the molecule is CCC(=O)N1CCN(c2ccc(NC(=O)CSc3nnnn3-c3ccc(Br)cc3)cc2)CC1. The molecule has 1 aromatic heterocycles. The topological polar surface area (TPSA) is 96.2 Å². The Hall–Kier alpha value is -2.92. The van der Waals surface area contributed by atoms with Crippen LogP contribution < -0.4 is 10.2 Å². The first-order valence-electron chi connectivity index (χ1n) is 10.6. The lowest BCUT2D eigenvalue weighted by atomic mass is 10.2. The van der Waals surface area contributed by atoms with Crippen LogP contribution in [0.5, 0.6) is 0 Å². The highest BCUT2D eigenvalue weighted by atomic mass is 79.9. The zero-order valence-corrected chi connectivity index (χ0v) is 20.5. The molecule has 1 saturated heterocycles. The Morgan fingerprint density at radius 3 is 2.33 bits per heavy atom. The highest BCUT2D eigenvalue weighted by Crippen LogP contribution is 2.22. The van der Waals surface area contributed by atoms with Crippen molar-refractivity contribution in [2.45, 2.75) is 18.5 Å². The molecule has 9 nitrogen and oxygen atoms in total. The molecule has 3 aromatic rings. The average molecular weight is 530 g/mol. The number of carbonyl (C=O) groups excluding carboxylic acids is 2. The van der Waals surface area contributed by atoms with Crippen LogP contribution in [0.1, 0.15) is 13.3 Å². The molecule has 11 heteroatoms. The van der Waals surface area contributed by atoms with Crippen molar-refractivity contribution in [2.24, 2.45) is 0 Å². The van der Waals surface area contributed by atoms with E-state index >= 15 is 0 Å². The molecule has 0 aliphatic carbocycles. The molecule has 2 aromatic carbocycles. The number of thioether (sulfide) groups is 1. The first-order chi connectivity index (χ1) is 16.0. The lowest BCUT2D eigenvalue weighted by molar-refractivity contribution is -0.131. The fraction of sp³-hybridized carbons (Fsp3) is 0.318. The second kappa shape index (κ2) is 10.8. The summed E-state index contributed by atoms with van der Waals surface area (Å²) in [6.07, 6.45) is 0.547. The molecule has 0 unspecified atom stereocenters. The van der Waals surface area contributed by atoms with Gasteiger partial charge in [-0.05, 0) is 59.0 Å². The summed E-state index contributed by atoms with van der Waals surface area (Å²) in [5.41, 5.74) is 2.64. The van der Waals surface area contributed by atoms with Crippen molar-refractivity contribution in [2.75, 3.05) is 42.1 Å². The van der Waals surface area contributed by atoms with E-state index in [0.717, 1.165) is 47.7 Å². The Bertz CT molecular complexity index is 1100. The van der Waals surface area contributed by atoms with E-state index in [0.29, 0.717) is 11.6 Å². The molecule has 0 radical (unpaired) electrons. The monoisotopic (exact) mass is 529 g/mol. The van der Waals surface area contributed by atoms with Crippen LogP contribution in [0.15, 0.2) is 58.2 Å². The molecule has 2 heterocycles. The predicted molar refractivity (Wildman–Crippen MR) is 132 cm³/mol. The minimum absolute atomic E-state index is 0.134. The van der Waals surface area contributed by atoms with Crippen LogP contribution in [-0.4, -0.2) is 68.9 Å². The predicted octanol–water partition coefficient (Wildman–Crippen LogP) is 3.21. The van der Waals surface area contributed by atoms with Gasteiger partial charge in [-0.25, -0.2) is 0 Å². The Labute approximate surface area is 204 Å². The van der Waals surface area contributed by atoms with Crippen molar-refractivity contribution in [3.8, 4) is 5.69 Å². The van der Waals surface area contributed by atoms with Crippen LogP contribution in [0.2, 0.25) is 0 Å². The Kier molecular flexibility index (Phi) is 7.61. The number of nitrogens with zero attached hydrogens (tertiary/aromatic N) is 6. The van der Waals surface area contributed by atoms with Crippen LogP contribution in [0, 0.1) is 0 Å². The van der Waals surface area contributed by atoms with E-state index < -0.39 is 0 Å². The molecule has 0 saturated carbocycles. The normalized spacial score (nSPS) is 13.8. The minimum atomic E-state index is -0.134. The highest BCUT2D eigenvalue weighted by Gasteiger charge is 2.20. The number of benzene rings is 2. The van der Waals surface area contributed by atoms with Gasteiger partial charge in [0.15, 0.2) is 0 Å². The fourth-order valence-electron chi connectivity index (χ4n) is 3.53. The molecule has 1 N–H and O–H groups in total. The number of hydrogen-bond acceptors (Lipinski definition) is 7. The third kappa shape index (κ3) is 5.91. The van der Waals surface area contributed by atoms with E-state index in [1.807, 2.05) is 60.4 Å². The summed E-state index contributed by atoms with van der Waals surface area (Å²) < 4.78 is 2.57. The lowest BCUT2D eigenvalue weighted by Gasteiger charge is -2.36. The number of nitrogens with one attached hydrogen (secondary N) is 1. The molecular formula is C22H24BrN7O2S. The van der Waals surface area contributed by atoms with Crippen molar-refractivity contribution in [3.05, 3.63) is 53.0 Å². The van der Waals surface area contributed by atoms with Gasteiger partial charge in [-0.1, -0.05) is 34.6 Å². The first kappa shape index (κ1) is 23.2. The van der Waals surface area contributed by atoms with Crippen molar-refractivity contribution >= 4 is 50.9 Å². The quantitative estimate of drug-likeness (QED) is 0.469. The van der Waals surface area contributed by atoms with E-state index in [9.17, 15) is 9.59 Å². The zero-order valence-electron chi connectivity index (χ0n) is 18.1. The van der Waals surface area contributed by atoms with Gasteiger partial charge in [0.1, 0.15) is 0 Å². The highest BCUT2D eigenvalue weighted by molar-refractivity contribution is 9.10. The van der Waals surface area contributed by atoms with Crippen molar-refractivity contribution in [1.29, 1.82) is 0 Å². The van der Waals surface area contributed by atoms with Gasteiger partial charge in [-0.3, -0.25) is 9.59 Å². The molecule has 1 fully saturated rings. The lowest BCUT2D eigenvalue weighted by Crippen LogP contribution is -2.48. The van der Waals surface area contributed by atoms with E-state index in [1.165, 1.54) is 11.8 Å². The number of hydrogen-bond donors (Lipinski definition) is 1. The van der Waals surface area contributed by atoms with Gasteiger partial charge in [-0.15, -0.1) is 5.10 Å². The number of aromatic nitrogens is 4. The molecular weight excluding hydrogens is 506 g/mol. The van der Waals surface area contributed by atoms with Gasteiger partial charge in [0.25, 0.3) is 0 Å². The first-order valence-corrected chi connectivity index (χ1v) is 12.4. The summed E-state index contributed by atoms with van der Waals surface area (Å²) in [5, 5.41) is 15.2. The summed E-state index contributed by atoms with van der Waals surface area (Å²) in [6, 6.07) is 15.4. The third-order valence-electron chi connectivity index (χ3n) is 5.30. The summed E-state index contributed by atoms with van der Waals surface area (Å²) in [5.74, 6) is 0.257. The average Bonchev–Trinajstić information content (AvgIpc) is 3.32. The molecule has 4 rings (SSSR count). The number of rotatable bonds is 7. The van der Waals surface area contributed by atoms with Gasteiger partial charge in [0.05, 0.1) is 11.4 Å². The standard InChI is InChI=1S/C22H24BrN7O2S/c1-2-21(32)29-13-11-28(12-14-29)18-9-5-17(6-10-18)24-20(31)15-33-22-25-26-27-30(22)19-7-3-16(23)4-8-19/h3-10H,2,11-15H2,1H3,(H,24,31). The Balaban J connectivity index is 1.28. The summed E-state index contributed by atoms with van der Waals surface area (Å²) >= 11 is 4.68. The van der Waals surface area contributed by atoms with Gasteiger partial charge in [0.2, 0.25) is 17.0 Å². The molecule has 0 atom stereocenters. The molecule has 0 spiro atoms. The van der Waals surface area contributed by atoms with Gasteiger partial charge < -0.3 is 15.1 Å². The maximum absolute atomic E-state index is 12.5. The minimum Gasteiger partial charge on any atom is -0.368 e. The summed E-state index contributed by atoms with van der Waals surface area (Å²) in [6.45, 7) is 4.98. The van der Waals surface area contributed by atoms with Crippen LogP contribution in [0.4, 0.5) is 11.4 Å². The number of anilines is 2. The van der Waals surface area contributed by atoms with Crippen LogP contribution in [-0.2, 0) is 9.59 Å². The second-order valence-electron chi connectivity index (χ2n) is 7.45. The van der Waals surface area contributed by atoms with Gasteiger partial charge in [0, 0.05) is 48.4 Å². The van der Waals surface area contributed by atoms with Crippen LogP contribution in [0.3, 0.4) is 0 Å². The zero-order chi connectivity index (χ0) is 23.2. The molecule has 0 bridgehead atoms. The van der Waals surface area contributed by atoms with E-state index in [1.54, 1.807) is 4.68 Å². The van der Waals surface area contributed by atoms with E-state index in [4.69, 9.17) is 0 Å². The Morgan fingerprint density at radius 2 is 1.67 bits per heavy atom. The van der Waals surface area contributed by atoms with E-state index in [-0.39, 0.29) is 17.6 Å². The van der Waals surface area contributed by atoms with Gasteiger partial charge in [-0.2, -0.15) is 4.68 Å². The summed E-state index contributed by atoms with van der Waals surface area (Å²) in [7, 11) is 0. The van der Waals surface area contributed by atoms with Crippen molar-refractivity contribution in [1.82, 2.24) is 25.1 Å².